The molecule has 0 fully saturated rings. The van der Waals surface area contributed by atoms with E-state index in [-0.39, 0.29) is 0 Å². The molecule has 0 saturated heterocycles. The molecule has 0 aliphatic rings. The largest absolute Gasteiger partial charge is 0.245 e. The average molecular weight is 309 g/mol. The van der Waals surface area contributed by atoms with Crippen molar-refractivity contribution in [2.24, 2.45) is 0 Å². The number of thioether (sulfide) groups is 1. The third kappa shape index (κ3) is 4.16. The summed E-state index contributed by atoms with van der Waals surface area (Å²) in [5, 5.41) is 17.7. The number of nitriles is 1. The first-order valence-corrected chi connectivity index (χ1v) is 8.30. The number of unbranched alkanes of at least 4 members (excludes halogenated alkanes) is 1. The van der Waals surface area contributed by atoms with Crippen molar-refractivity contribution in [1.29, 1.82) is 5.26 Å². The molecule has 0 bridgehead atoms. The molecule has 0 aromatic carbocycles. The highest BCUT2D eigenvalue weighted by molar-refractivity contribution is 8.03. The molecule has 8 heteroatoms. The van der Waals surface area contributed by atoms with Crippen LogP contribution in [0.15, 0.2) is 26.1 Å². The van der Waals surface area contributed by atoms with Gasteiger partial charge in [-0.2, -0.15) is 5.26 Å². The maximum atomic E-state index is 8.94. The van der Waals surface area contributed by atoms with E-state index in [4.69, 9.17) is 5.26 Å². The van der Waals surface area contributed by atoms with Gasteiger partial charge in [-0.15, -0.1) is 10.2 Å². The fraction of sp³-hybridized carbons (Fsp3) is 0.364. The summed E-state index contributed by atoms with van der Waals surface area (Å²) in [6.45, 7) is 2.17. The summed E-state index contributed by atoms with van der Waals surface area (Å²) in [4.78, 5) is 8.11. The second kappa shape index (κ2) is 7.43. The van der Waals surface area contributed by atoms with Crippen molar-refractivity contribution in [3.05, 3.63) is 18.1 Å². The third-order valence-electron chi connectivity index (χ3n) is 2.07. The highest BCUT2D eigenvalue weighted by atomic mass is 32.2. The van der Waals surface area contributed by atoms with Crippen molar-refractivity contribution in [3.63, 3.8) is 0 Å². The molecule has 5 nitrogen and oxygen atoms in total. The molecule has 0 spiro atoms. The first-order valence-electron chi connectivity index (χ1n) is 5.68. The van der Waals surface area contributed by atoms with Crippen LogP contribution in [0.5, 0.6) is 0 Å². The molecule has 0 unspecified atom stereocenters. The number of hydrogen-bond donors (Lipinski definition) is 0. The molecule has 19 heavy (non-hydrogen) atoms. The van der Waals surface area contributed by atoms with E-state index < -0.39 is 0 Å². The Morgan fingerprint density at radius 3 is 2.84 bits per heavy atom. The molecule has 2 aromatic heterocycles. The predicted molar refractivity (Wildman–Crippen MR) is 76.4 cm³/mol. The SMILES string of the molecule is CCCCSc1nnc(Sc2nccnc2C#N)s1. The van der Waals surface area contributed by atoms with Gasteiger partial charge in [-0.1, -0.05) is 36.4 Å². The van der Waals surface area contributed by atoms with Crippen LogP contribution in [-0.4, -0.2) is 25.9 Å². The van der Waals surface area contributed by atoms with Gasteiger partial charge in [0.05, 0.1) is 0 Å². The van der Waals surface area contributed by atoms with E-state index in [1.807, 2.05) is 6.07 Å². The molecule has 0 aliphatic carbocycles. The monoisotopic (exact) mass is 309 g/mol. The highest BCUT2D eigenvalue weighted by Gasteiger charge is 2.11. The topological polar surface area (TPSA) is 75.3 Å². The quantitative estimate of drug-likeness (QED) is 0.599. The van der Waals surface area contributed by atoms with Crippen LogP contribution in [0.1, 0.15) is 25.5 Å². The zero-order valence-electron chi connectivity index (χ0n) is 10.2. The van der Waals surface area contributed by atoms with Crippen molar-refractivity contribution in [3.8, 4) is 6.07 Å². The minimum atomic E-state index is 0.322. The molecule has 2 rings (SSSR count). The standard InChI is InChI=1S/C11H11N5S3/c1-2-3-6-17-10-15-16-11(19-10)18-9-8(7-12)13-4-5-14-9/h4-5H,2-3,6H2,1H3. The first kappa shape index (κ1) is 14.2. The summed E-state index contributed by atoms with van der Waals surface area (Å²) < 4.78 is 1.74. The van der Waals surface area contributed by atoms with Gasteiger partial charge in [0, 0.05) is 18.1 Å². The first-order chi connectivity index (χ1) is 9.33. The number of hydrogen-bond acceptors (Lipinski definition) is 8. The van der Waals surface area contributed by atoms with Gasteiger partial charge in [0.15, 0.2) is 14.4 Å². The minimum Gasteiger partial charge on any atom is -0.245 e. The van der Waals surface area contributed by atoms with Gasteiger partial charge in [-0.25, -0.2) is 9.97 Å². The van der Waals surface area contributed by atoms with Crippen molar-refractivity contribution in [2.45, 2.75) is 33.5 Å². The second-order valence-corrected chi connectivity index (χ2v) is 7.02. The van der Waals surface area contributed by atoms with E-state index in [1.54, 1.807) is 18.0 Å². The lowest BCUT2D eigenvalue weighted by atomic mass is 10.4. The van der Waals surface area contributed by atoms with Crippen LogP contribution in [0.2, 0.25) is 0 Å². The molecule has 0 atom stereocenters. The van der Waals surface area contributed by atoms with Crippen LogP contribution in [0.4, 0.5) is 0 Å². The van der Waals surface area contributed by atoms with Crippen LogP contribution in [-0.2, 0) is 0 Å². The number of rotatable bonds is 6. The molecule has 0 amide bonds. The third-order valence-corrected chi connectivity index (χ3v) is 5.25. The van der Waals surface area contributed by atoms with E-state index >= 15 is 0 Å². The smallest absolute Gasteiger partial charge is 0.181 e. The Morgan fingerprint density at radius 1 is 1.26 bits per heavy atom. The van der Waals surface area contributed by atoms with Crippen molar-refractivity contribution in [1.82, 2.24) is 20.2 Å². The van der Waals surface area contributed by atoms with E-state index in [2.05, 4.69) is 27.1 Å². The van der Waals surface area contributed by atoms with E-state index in [0.717, 1.165) is 14.4 Å². The molecular formula is C11H11N5S3. The Labute approximate surface area is 123 Å². The average Bonchev–Trinajstić information content (AvgIpc) is 2.87. The van der Waals surface area contributed by atoms with E-state index in [9.17, 15) is 0 Å². The van der Waals surface area contributed by atoms with Gasteiger partial charge in [0.1, 0.15) is 11.1 Å². The highest BCUT2D eigenvalue weighted by Crippen LogP contribution is 2.33. The Morgan fingerprint density at radius 2 is 2.05 bits per heavy atom. The zero-order chi connectivity index (χ0) is 13.5. The lowest BCUT2D eigenvalue weighted by Gasteiger charge is -1.96. The van der Waals surface area contributed by atoms with Crippen LogP contribution in [0.25, 0.3) is 0 Å². The maximum absolute atomic E-state index is 8.94. The van der Waals surface area contributed by atoms with Gasteiger partial charge < -0.3 is 0 Å². The second-order valence-electron chi connectivity index (χ2n) is 3.46. The fourth-order valence-electron chi connectivity index (χ4n) is 1.16. The molecule has 98 valence electrons. The maximum Gasteiger partial charge on any atom is 0.181 e. The van der Waals surface area contributed by atoms with Crippen molar-refractivity contribution < 1.29 is 0 Å². The molecule has 0 aliphatic heterocycles. The summed E-state index contributed by atoms with van der Waals surface area (Å²) in [6.07, 6.45) is 5.43. The number of nitrogens with zero attached hydrogens (tertiary/aromatic N) is 5. The van der Waals surface area contributed by atoms with Gasteiger partial charge in [-0.05, 0) is 18.2 Å². The van der Waals surface area contributed by atoms with Crippen molar-refractivity contribution in [2.75, 3.05) is 5.75 Å². The summed E-state index contributed by atoms with van der Waals surface area (Å²) in [5.41, 5.74) is 0.322. The van der Waals surface area contributed by atoms with Crippen LogP contribution < -0.4 is 0 Å². The minimum absolute atomic E-state index is 0.322. The summed E-state index contributed by atoms with van der Waals surface area (Å²) in [5.74, 6) is 1.06. The van der Waals surface area contributed by atoms with E-state index in [1.165, 1.54) is 42.1 Å². The Bertz CT molecular complexity index is 578. The molecule has 0 radical (unpaired) electrons. The fourth-order valence-corrected chi connectivity index (χ4v) is 4.26. The molecule has 2 heterocycles. The molecule has 0 saturated carbocycles. The van der Waals surface area contributed by atoms with Gasteiger partial charge in [-0.3, -0.25) is 0 Å². The zero-order valence-corrected chi connectivity index (χ0v) is 12.7. The lowest BCUT2D eigenvalue weighted by Crippen LogP contribution is -1.89. The Hall–Kier alpha value is -1.17. The predicted octanol–water partition coefficient (Wildman–Crippen LogP) is 3.24. The van der Waals surface area contributed by atoms with Gasteiger partial charge in [0.25, 0.3) is 0 Å². The normalized spacial score (nSPS) is 10.3. The van der Waals surface area contributed by atoms with Crippen LogP contribution in [0, 0.1) is 11.3 Å². The Balaban J connectivity index is 2.02. The Kier molecular flexibility index (Phi) is 5.57. The van der Waals surface area contributed by atoms with Crippen LogP contribution in [0.3, 0.4) is 0 Å². The summed E-state index contributed by atoms with van der Waals surface area (Å²) in [7, 11) is 0. The molecule has 0 N–H and O–H groups in total. The van der Waals surface area contributed by atoms with Crippen molar-refractivity contribution >= 4 is 34.9 Å². The van der Waals surface area contributed by atoms with E-state index in [0.29, 0.717) is 10.7 Å². The summed E-state index contributed by atoms with van der Waals surface area (Å²) in [6, 6.07) is 2.02. The van der Waals surface area contributed by atoms with Gasteiger partial charge >= 0.3 is 0 Å². The van der Waals surface area contributed by atoms with Crippen LogP contribution >= 0.6 is 34.9 Å². The summed E-state index contributed by atoms with van der Waals surface area (Å²) >= 11 is 4.58. The van der Waals surface area contributed by atoms with Gasteiger partial charge in [0.2, 0.25) is 0 Å². The lowest BCUT2D eigenvalue weighted by molar-refractivity contribution is 0.892. The molecule has 2 aromatic rings. The number of aromatic nitrogens is 4. The molecular weight excluding hydrogens is 298 g/mol.